The van der Waals surface area contributed by atoms with Gasteiger partial charge in [0.05, 0.1) is 22.8 Å². The first kappa shape index (κ1) is 14.7. The molecule has 0 atom stereocenters. The van der Waals surface area contributed by atoms with Gasteiger partial charge in [0.25, 0.3) is 5.91 Å². The Morgan fingerprint density at radius 2 is 2.30 bits per heavy atom. The highest BCUT2D eigenvalue weighted by atomic mass is 32.1. The maximum atomic E-state index is 12.1. The van der Waals surface area contributed by atoms with Crippen molar-refractivity contribution in [2.24, 2.45) is 5.73 Å². The third kappa shape index (κ3) is 3.67. The van der Waals surface area contributed by atoms with Gasteiger partial charge in [-0.1, -0.05) is 11.8 Å². The first-order valence-corrected chi connectivity index (χ1v) is 7.78. The Morgan fingerprint density at radius 1 is 1.50 bits per heavy atom. The van der Waals surface area contributed by atoms with Crippen molar-refractivity contribution in [1.82, 2.24) is 10.3 Å². The Kier molecular flexibility index (Phi) is 4.90. The van der Waals surface area contributed by atoms with Crippen LogP contribution in [0.3, 0.4) is 0 Å². The lowest BCUT2D eigenvalue weighted by Gasteiger charge is -1.99. The summed E-state index contributed by atoms with van der Waals surface area (Å²) in [5, 5.41) is 5.75. The van der Waals surface area contributed by atoms with Gasteiger partial charge in [-0.15, -0.1) is 22.7 Å². The maximum absolute atomic E-state index is 12.1. The summed E-state index contributed by atoms with van der Waals surface area (Å²) in [5.41, 5.74) is 7.34. The third-order valence-corrected chi connectivity index (χ3v) is 4.63. The van der Waals surface area contributed by atoms with Gasteiger partial charge in [0, 0.05) is 11.1 Å². The lowest BCUT2D eigenvalue weighted by atomic mass is 10.2. The van der Waals surface area contributed by atoms with Crippen molar-refractivity contribution in [1.29, 1.82) is 0 Å². The van der Waals surface area contributed by atoms with Gasteiger partial charge in [0.2, 0.25) is 0 Å². The number of carbonyl (C=O) groups excluding carboxylic acids is 1. The zero-order chi connectivity index (χ0) is 14.5. The molecule has 0 radical (unpaired) electrons. The molecular weight excluding hydrogens is 290 g/mol. The summed E-state index contributed by atoms with van der Waals surface area (Å²) < 4.78 is 0. The largest absolute Gasteiger partial charge is 0.345 e. The highest BCUT2D eigenvalue weighted by molar-refractivity contribution is 7.14. The summed E-state index contributed by atoms with van der Waals surface area (Å²) in [6.45, 7) is 4.66. The van der Waals surface area contributed by atoms with Crippen LogP contribution >= 0.6 is 22.7 Å². The second-order valence-electron chi connectivity index (χ2n) is 4.19. The number of nitrogens with two attached hydrogens (primary N) is 1. The summed E-state index contributed by atoms with van der Waals surface area (Å²) >= 11 is 2.94. The molecule has 0 unspecified atom stereocenters. The van der Waals surface area contributed by atoms with Crippen LogP contribution in [0.2, 0.25) is 0 Å². The number of hydrogen-bond donors (Lipinski definition) is 2. The van der Waals surface area contributed by atoms with E-state index in [1.807, 2.05) is 25.3 Å². The number of amides is 1. The van der Waals surface area contributed by atoms with E-state index in [1.54, 1.807) is 11.3 Å². The first-order valence-electron chi connectivity index (χ1n) is 6.08. The molecule has 4 nitrogen and oxygen atoms in total. The molecule has 0 saturated heterocycles. The highest BCUT2D eigenvalue weighted by Crippen LogP contribution is 2.21. The molecule has 0 aliphatic heterocycles. The van der Waals surface area contributed by atoms with E-state index in [0.717, 1.165) is 21.1 Å². The van der Waals surface area contributed by atoms with E-state index in [9.17, 15) is 4.79 Å². The van der Waals surface area contributed by atoms with Crippen molar-refractivity contribution in [3.05, 3.63) is 37.5 Å². The summed E-state index contributed by atoms with van der Waals surface area (Å²) in [6, 6.07) is 1.85. The van der Waals surface area contributed by atoms with Crippen LogP contribution in [0.4, 0.5) is 0 Å². The van der Waals surface area contributed by atoms with Gasteiger partial charge in [-0.25, -0.2) is 4.98 Å². The zero-order valence-corrected chi connectivity index (χ0v) is 13.0. The number of aryl methyl sites for hydroxylation is 2. The molecule has 20 heavy (non-hydrogen) atoms. The van der Waals surface area contributed by atoms with E-state index in [-0.39, 0.29) is 5.91 Å². The van der Waals surface area contributed by atoms with Gasteiger partial charge in [-0.3, -0.25) is 4.79 Å². The molecule has 1 amide bonds. The van der Waals surface area contributed by atoms with Crippen molar-refractivity contribution < 1.29 is 4.79 Å². The molecule has 2 aromatic rings. The quantitative estimate of drug-likeness (QED) is 0.853. The number of nitrogens with zero attached hydrogens (tertiary/aromatic N) is 1. The second-order valence-corrected chi connectivity index (χ2v) is 6.19. The van der Waals surface area contributed by atoms with Gasteiger partial charge in [-0.2, -0.15) is 0 Å². The number of aromatic nitrogens is 1. The topological polar surface area (TPSA) is 68.0 Å². The first-order chi connectivity index (χ1) is 9.60. The Morgan fingerprint density at radius 3 is 2.95 bits per heavy atom. The van der Waals surface area contributed by atoms with Gasteiger partial charge in [0.15, 0.2) is 0 Å². The molecule has 0 aliphatic carbocycles. The third-order valence-electron chi connectivity index (χ3n) is 2.51. The molecule has 2 heterocycles. The normalized spacial score (nSPS) is 9.95. The minimum atomic E-state index is -0.0910. The van der Waals surface area contributed by atoms with Crippen molar-refractivity contribution in [2.45, 2.75) is 20.4 Å². The molecule has 0 fully saturated rings. The molecule has 3 N–H and O–H groups in total. The van der Waals surface area contributed by atoms with Gasteiger partial charge in [-0.05, 0) is 25.5 Å². The Hall–Kier alpha value is -1.68. The fourth-order valence-electron chi connectivity index (χ4n) is 1.58. The molecule has 0 aromatic carbocycles. The monoisotopic (exact) mass is 305 g/mol. The number of carbonyl (C=O) groups is 1. The average molecular weight is 305 g/mol. The molecule has 0 saturated carbocycles. The van der Waals surface area contributed by atoms with Gasteiger partial charge in [0.1, 0.15) is 5.01 Å². The van der Waals surface area contributed by atoms with Crippen LogP contribution in [0, 0.1) is 25.7 Å². The molecule has 0 aliphatic rings. The maximum Gasteiger partial charge on any atom is 0.261 e. The van der Waals surface area contributed by atoms with Crippen molar-refractivity contribution in [2.75, 3.05) is 6.54 Å². The van der Waals surface area contributed by atoms with E-state index in [4.69, 9.17) is 5.73 Å². The van der Waals surface area contributed by atoms with Crippen LogP contribution in [0.25, 0.3) is 0 Å². The summed E-state index contributed by atoms with van der Waals surface area (Å²) in [5.74, 6) is 5.69. The fraction of sp³-hybridized carbons (Fsp3) is 0.286. The molecule has 0 spiro atoms. The van der Waals surface area contributed by atoms with E-state index in [2.05, 4.69) is 22.1 Å². The Bertz CT molecular complexity index is 676. The second kappa shape index (κ2) is 6.66. The lowest BCUT2D eigenvalue weighted by molar-refractivity contribution is 0.0955. The Balaban J connectivity index is 2.02. The van der Waals surface area contributed by atoms with E-state index in [1.165, 1.54) is 11.3 Å². The van der Waals surface area contributed by atoms with Crippen LogP contribution in [0.15, 0.2) is 11.4 Å². The predicted octanol–water partition coefficient (Wildman–Crippen LogP) is 2.06. The van der Waals surface area contributed by atoms with Crippen molar-refractivity contribution in [3.63, 3.8) is 0 Å². The molecular formula is C14H15N3OS2. The standard InChI is InChI=1S/C14H15N3OS2/c1-9-6-12(20-11(9)4-3-5-15)14(18)16-7-13-17-10(2)8-19-13/h6,8H,5,7,15H2,1-2H3,(H,16,18). The van der Waals surface area contributed by atoms with Crippen LogP contribution in [-0.4, -0.2) is 17.4 Å². The predicted molar refractivity (Wildman–Crippen MR) is 83.0 cm³/mol. The zero-order valence-electron chi connectivity index (χ0n) is 11.3. The minimum absolute atomic E-state index is 0.0910. The van der Waals surface area contributed by atoms with Crippen molar-refractivity contribution in [3.8, 4) is 11.8 Å². The fourth-order valence-corrected chi connectivity index (χ4v) is 3.25. The number of rotatable bonds is 3. The Labute approximate surface area is 126 Å². The van der Waals surface area contributed by atoms with Crippen LogP contribution in [0.5, 0.6) is 0 Å². The highest BCUT2D eigenvalue weighted by Gasteiger charge is 2.11. The smallest absolute Gasteiger partial charge is 0.261 e. The number of nitrogens with one attached hydrogen (secondary N) is 1. The number of hydrogen-bond acceptors (Lipinski definition) is 5. The SMILES string of the molecule is Cc1csc(CNC(=O)c2cc(C)c(C#CCN)s2)n1. The molecule has 0 bridgehead atoms. The molecule has 6 heteroatoms. The van der Waals surface area contributed by atoms with Gasteiger partial charge >= 0.3 is 0 Å². The van der Waals surface area contributed by atoms with E-state index >= 15 is 0 Å². The van der Waals surface area contributed by atoms with Crippen molar-refractivity contribution >= 4 is 28.6 Å². The van der Waals surface area contributed by atoms with Crippen LogP contribution in [-0.2, 0) is 6.54 Å². The van der Waals surface area contributed by atoms with Gasteiger partial charge < -0.3 is 11.1 Å². The molecule has 104 valence electrons. The summed E-state index contributed by atoms with van der Waals surface area (Å²) in [4.78, 5) is 17.9. The van der Waals surface area contributed by atoms with Crippen LogP contribution in [0.1, 0.15) is 30.8 Å². The minimum Gasteiger partial charge on any atom is -0.345 e. The molecule has 2 aromatic heterocycles. The number of thiophene rings is 1. The summed E-state index contributed by atoms with van der Waals surface area (Å²) in [7, 11) is 0. The van der Waals surface area contributed by atoms with E-state index in [0.29, 0.717) is 18.0 Å². The number of thiazole rings is 1. The summed E-state index contributed by atoms with van der Waals surface area (Å²) in [6.07, 6.45) is 0. The average Bonchev–Trinajstić information content (AvgIpc) is 3.00. The molecule has 2 rings (SSSR count). The lowest BCUT2D eigenvalue weighted by Crippen LogP contribution is -2.21. The van der Waals surface area contributed by atoms with Crippen LogP contribution < -0.4 is 11.1 Å². The van der Waals surface area contributed by atoms with E-state index < -0.39 is 0 Å².